The number of piperazine rings is 1. The first-order valence-electron chi connectivity index (χ1n) is 8.11. The predicted molar refractivity (Wildman–Crippen MR) is 88.2 cm³/mol. The Labute approximate surface area is 137 Å². The summed E-state index contributed by atoms with van der Waals surface area (Å²) in [6.45, 7) is 8.09. The molecular formula is C17H26N2O4. The lowest BCUT2D eigenvalue weighted by Crippen LogP contribution is -2.47. The molecule has 0 aromatic heterocycles. The van der Waals surface area contributed by atoms with E-state index in [2.05, 4.69) is 11.9 Å². The molecule has 6 heteroatoms. The van der Waals surface area contributed by atoms with E-state index in [1.54, 1.807) is 12.1 Å². The summed E-state index contributed by atoms with van der Waals surface area (Å²) in [5.41, 5.74) is 0.731. The molecule has 1 aromatic carbocycles. The van der Waals surface area contributed by atoms with E-state index >= 15 is 0 Å². The van der Waals surface area contributed by atoms with Crippen molar-refractivity contribution in [2.24, 2.45) is 0 Å². The lowest BCUT2D eigenvalue weighted by Gasteiger charge is -2.36. The van der Waals surface area contributed by atoms with Crippen molar-refractivity contribution >= 4 is 5.97 Å². The fraction of sp³-hybridized carbons (Fsp3) is 0.588. The molecule has 1 unspecified atom stereocenters. The molecule has 1 N–H and O–H groups in total. The second-order valence-electron chi connectivity index (χ2n) is 5.65. The maximum atomic E-state index is 11.8. The Balaban J connectivity index is 2.28. The first-order chi connectivity index (χ1) is 11.1. The van der Waals surface area contributed by atoms with E-state index in [-0.39, 0.29) is 0 Å². The zero-order chi connectivity index (χ0) is 16.8. The van der Waals surface area contributed by atoms with Gasteiger partial charge in [0.05, 0.1) is 13.2 Å². The monoisotopic (exact) mass is 322 g/mol. The molecule has 0 aliphatic carbocycles. The number of hydrogen-bond acceptors (Lipinski definition) is 5. The Morgan fingerprint density at radius 1 is 1.13 bits per heavy atom. The van der Waals surface area contributed by atoms with E-state index in [4.69, 9.17) is 9.47 Å². The molecule has 1 aromatic rings. The fourth-order valence-corrected chi connectivity index (χ4v) is 2.83. The van der Waals surface area contributed by atoms with Crippen LogP contribution in [0.3, 0.4) is 0 Å². The molecule has 1 heterocycles. The topological polar surface area (TPSA) is 62.2 Å². The van der Waals surface area contributed by atoms with Crippen molar-refractivity contribution in [2.75, 3.05) is 46.4 Å². The summed E-state index contributed by atoms with van der Waals surface area (Å²) in [6.07, 6.45) is 0. The smallest absolute Gasteiger partial charge is 0.325 e. The van der Waals surface area contributed by atoms with E-state index in [0.717, 1.165) is 31.7 Å². The summed E-state index contributed by atoms with van der Waals surface area (Å²) < 4.78 is 11.2. The zero-order valence-electron chi connectivity index (χ0n) is 14.1. The average molecular weight is 322 g/mol. The van der Waals surface area contributed by atoms with Crippen molar-refractivity contribution in [1.82, 2.24) is 9.80 Å². The number of carbonyl (C=O) groups is 1. The van der Waals surface area contributed by atoms with Gasteiger partial charge < -0.3 is 19.5 Å². The largest absolute Gasteiger partial charge is 0.490 e. The van der Waals surface area contributed by atoms with Crippen LogP contribution < -0.4 is 9.47 Å². The highest BCUT2D eigenvalue weighted by atomic mass is 16.5. The minimum Gasteiger partial charge on any atom is -0.490 e. The highest BCUT2D eigenvalue weighted by molar-refractivity contribution is 5.76. The molecule has 2 rings (SSSR count). The number of rotatable bonds is 7. The number of nitrogens with zero attached hydrogens (tertiary/aromatic N) is 2. The SMILES string of the molecule is CCOc1ccc(C(C(=O)O)N2CCN(C)CC2)cc1OCC. The van der Waals surface area contributed by atoms with Crippen LogP contribution in [0, 0.1) is 0 Å². The lowest BCUT2D eigenvalue weighted by molar-refractivity contribution is -0.144. The number of benzene rings is 1. The summed E-state index contributed by atoms with van der Waals surface area (Å²) in [6, 6.07) is 4.77. The summed E-state index contributed by atoms with van der Waals surface area (Å²) in [7, 11) is 2.05. The fourth-order valence-electron chi connectivity index (χ4n) is 2.83. The number of likely N-dealkylation sites (N-methyl/N-ethyl adjacent to an activating group) is 1. The first kappa shape index (κ1) is 17.6. The first-order valence-corrected chi connectivity index (χ1v) is 8.11. The normalized spacial score (nSPS) is 17.7. The molecule has 0 spiro atoms. The Kier molecular flexibility index (Phi) is 6.24. The standard InChI is InChI=1S/C17H26N2O4/c1-4-22-14-7-6-13(12-15(14)23-5-2)16(17(20)21)19-10-8-18(3)9-11-19/h6-7,12,16H,4-5,8-11H2,1-3H3,(H,20,21). The third kappa shape index (κ3) is 4.36. The Morgan fingerprint density at radius 2 is 1.74 bits per heavy atom. The van der Waals surface area contributed by atoms with Gasteiger partial charge in [0.1, 0.15) is 6.04 Å². The van der Waals surface area contributed by atoms with Crippen molar-refractivity contribution < 1.29 is 19.4 Å². The number of hydrogen-bond donors (Lipinski definition) is 1. The van der Waals surface area contributed by atoms with E-state index in [1.165, 1.54) is 0 Å². The zero-order valence-corrected chi connectivity index (χ0v) is 14.1. The third-order valence-corrected chi connectivity index (χ3v) is 4.02. The molecule has 6 nitrogen and oxygen atoms in total. The molecule has 1 saturated heterocycles. The second-order valence-corrected chi connectivity index (χ2v) is 5.65. The van der Waals surface area contributed by atoms with E-state index < -0.39 is 12.0 Å². The molecule has 0 amide bonds. The van der Waals surface area contributed by atoms with Gasteiger partial charge in [0.25, 0.3) is 0 Å². The van der Waals surface area contributed by atoms with Crippen molar-refractivity contribution in [3.8, 4) is 11.5 Å². The summed E-state index contributed by atoms with van der Waals surface area (Å²) in [4.78, 5) is 16.0. The molecule has 128 valence electrons. The van der Waals surface area contributed by atoms with Gasteiger partial charge in [0.2, 0.25) is 0 Å². The Morgan fingerprint density at radius 3 is 2.30 bits per heavy atom. The molecule has 0 saturated carbocycles. The molecule has 1 aliphatic rings. The van der Waals surface area contributed by atoms with Crippen LogP contribution in [0.2, 0.25) is 0 Å². The van der Waals surface area contributed by atoms with Crippen molar-refractivity contribution in [3.63, 3.8) is 0 Å². The van der Waals surface area contributed by atoms with Crippen LogP contribution in [0.5, 0.6) is 11.5 Å². The second kappa shape index (κ2) is 8.17. The highest BCUT2D eigenvalue weighted by Gasteiger charge is 2.30. The maximum absolute atomic E-state index is 11.8. The van der Waals surface area contributed by atoms with Gasteiger partial charge in [0, 0.05) is 26.2 Å². The van der Waals surface area contributed by atoms with Crippen molar-refractivity contribution in [2.45, 2.75) is 19.9 Å². The van der Waals surface area contributed by atoms with Gasteiger partial charge >= 0.3 is 5.97 Å². The van der Waals surface area contributed by atoms with Crippen LogP contribution >= 0.6 is 0 Å². The van der Waals surface area contributed by atoms with E-state index in [9.17, 15) is 9.90 Å². The maximum Gasteiger partial charge on any atom is 0.325 e. The van der Waals surface area contributed by atoms with Crippen LogP contribution in [-0.2, 0) is 4.79 Å². The number of aliphatic carboxylic acids is 1. The van der Waals surface area contributed by atoms with E-state index in [0.29, 0.717) is 24.7 Å². The molecule has 23 heavy (non-hydrogen) atoms. The summed E-state index contributed by atoms with van der Waals surface area (Å²) >= 11 is 0. The van der Waals surface area contributed by atoms with Crippen molar-refractivity contribution in [1.29, 1.82) is 0 Å². The predicted octanol–water partition coefficient (Wildman–Crippen LogP) is 1.86. The minimum atomic E-state index is -0.832. The van der Waals surface area contributed by atoms with Gasteiger partial charge in [-0.25, -0.2) is 0 Å². The van der Waals surface area contributed by atoms with Gasteiger partial charge in [-0.1, -0.05) is 6.07 Å². The highest BCUT2D eigenvalue weighted by Crippen LogP contribution is 2.33. The quantitative estimate of drug-likeness (QED) is 0.827. The third-order valence-electron chi connectivity index (χ3n) is 4.02. The van der Waals surface area contributed by atoms with Gasteiger partial charge in [-0.05, 0) is 38.6 Å². The van der Waals surface area contributed by atoms with Crippen LogP contribution in [0.15, 0.2) is 18.2 Å². The van der Waals surface area contributed by atoms with Crippen LogP contribution in [0.1, 0.15) is 25.5 Å². The van der Waals surface area contributed by atoms with Gasteiger partial charge in [-0.15, -0.1) is 0 Å². The van der Waals surface area contributed by atoms with Crippen molar-refractivity contribution in [3.05, 3.63) is 23.8 Å². The van der Waals surface area contributed by atoms with Gasteiger partial charge in [-0.3, -0.25) is 9.69 Å². The molecule has 1 aliphatic heterocycles. The Bertz CT molecular complexity index is 527. The lowest BCUT2D eigenvalue weighted by atomic mass is 10.0. The Hall–Kier alpha value is -1.79. The molecule has 1 fully saturated rings. The van der Waals surface area contributed by atoms with Gasteiger partial charge in [0.15, 0.2) is 11.5 Å². The summed E-state index contributed by atoms with van der Waals surface area (Å²) in [5, 5.41) is 9.71. The van der Waals surface area contributed by atoms with Gasteiger partial charge in [-0.2, -0.15) is 0 Å². The van der Waals surface area contributed by atoms with Crippen LogP contribution in [-0.4, -0.2) is 67.3 Å². The molecule has 0 bridgehead atoms. The molecular weight excluding hydrogens is 296 g/mol. The van der Waals surface area contributed by atoms with E-state index in [1.807, 2.05) is 24.8 Å². The van der Waals surface area contributed by atoms with Crippen LogP contribution in [0.25, 0.3) is 0 Å². The average Bonchev–Trinajstić information content (AvgIpc) is 2.52. The minimum absolute atomic E-state index is 0.510. The molecule has 1 atom stereocenters. The number of carboxylic acid groups (broad SMARTS) is 1. The number of carboxylic acids is 1. The summed E-state index contributed by atoms with van der Waals surface area (Å²) in [5.74, 6) is 0.425. The molecule has 0 radical (unpaired) electrons. The number of ether oxygens (including phenoxy) is 2. The van der Waals surface area contributed by atoms with Crippen LogP contribution in [0.4, 0.5) is 0 Å².